The summed E-state index contributed by atoms with van der Waals surface area (Å²) in [5.74, 6) is -1.39. The third-order valence-electron chi connectivity index (χ3n) is 3.76. The molecule has 1 aliphatic rings. The minimum Gasteiger partial charge on any atom is -0.485 e. The molecule has 1 aromatic carbocycles. The standard InChI is InChI=1S/C14H18N2O5/c1-15-8-3-2-5-10(15)9-21-13-11(14(17)18)6-4-7-12(13)16(19)20/h4,6-7,10H,2-3,5,8-9H2,1H3,(H,17,18). The number of ether oxygens (including phenoxy) is 1. The molecule has 1 fully saturated rings. The summed E-state index contributed by atoms with van der Waals surface area (Å²) in [5, 5.41) is 20.2. The average Bonchev–Trinajstić information content (AvgIpc) is 2.45. The topological polar surface area (TPSA) is 92.9 Å². The Hall–Kier alpha value is -2.15. The van der Waals surface area contributed by atoms with Crippen LogP contribution in [0.4, 0.5) is 5.69 Å². The van der Waals surface area contributed by atoms with Crippen molar-refractivity contribution < 1.29 is 19.6 Å². The highest BCUT2D eigenvalue weighted by atomic mass is 16.6. The second kappa shape index (κ2) is 6.53. The first-order valence-electron chi connectivity index (χ1n) is 6.84. The number of nitro benzene ring substituents is 1. The maximum absolute atomic E-state index is 11.2. The molecule has 1 saturated heterocycles. The summed E-state index contributed by atoms with van der Waals surface area (Å²) in [5.41, 5.74) is -0.490. The van der Waals surface area contributed by atoms with Crippen LogP contribution in [0.3, 0.4) is 0 Å². The summed E-state index contributed by atoms with van der Waals surface area (Å²) < 4.78 is 5.54. The molecule has 1 aliphatic heterocycles. The van der Waals surface area contributed by atoms with Crippen molar-refractivity contribution in [1.29, 1.82) is 0 Å². The molecule has 0 amide bonds. The van der Waals surface area contributed by atoms with Crippen molar-refractivity contribution in [1.82, 2.24) is 4.90 Å². The predicted molar refractivity (Wildman–Crippen MR) is 75.8 cm³/mol. The molecule has 1 heterocycles. The van der Waals surface area contributed by atoms with Crippen LogP contribution in [0, 0.1) is 10.1 Å². The van der Waals surface area contributed by atoms with Gasteiger partial charge in [0.05, 0.1) is 4.92 Å². The van der Waals surface area contributed by atoms with E-state index < -0.39 is 10.9 Å². The molecule has 1 aromatic rings. The number of nitrogens with zero attached hydrogens (tertiary/aromatic N) is 2. The van der Waals surface area contributed by atoms with Crippen molar-refractivity contribution in [2.75, 3.05) is 20.2 Å². The third-order valence-corrected chi connectivity index (χ3v) is 3.76. The van der Waals surface area contributed by atoms with Gasteiger partial charge in [0.15, 0.2) is 0 Å². The molecule has 0 radical (unpaired) electrons. The highest BCUT2D eigenvalue weighted by Gasteiger charge is 2.25. The van der Waals surface area contributed by atoms with Crippen LogP contribution in [0.5, 0.6) is 5.75 Å². The van der Waals surface area contributed by atoms with E-state index in [1.807, 2.05) is 7.05 Å². The Labute approximate surface area is 122 Å². The molecule has 0 spiro atoms. The zero-order valence-corrected chi connectivity index (χ0v) is 11.8. The van der Waals surface area contributed by atoms with Crippen LogP contribution in [0.25, 0.3) is 0 Å². The summed E-state index contributed by atoms with van der Waals surface area (Å²) >= 11 is 0. The lowest BCUT2D eigenvalue weighted by molar-refractivity contribution is -0.385. The predicted octanol–water partition coefficient (Wildman–Crippen LogP) is 2.16. The highest BCUT2D eigenvalue weighted by Crippen LogP contribution is 2.31. The van der Waals surface area contributed by atoms with Gasteiger partial charge in [-0.05, 0) is 32.5 Å². The fourth-order valence-electron chi connectivity index (χ4n) is 2.52. The van der Waals surface area contributed by atoms with Crippen LogP contribution in [0.2, 0.25) is 0 Å². The van der Waals surface area contributed by atoms with Gasteiger partial charge in [-0.3, -0.25) is 10.1 Å². The Morgan fingerprint density at radius 3 is 2.90 bits per heavy atom. The van der Waals surface area contributed by atoms with Crippen molar-refractivity contribution in [3.8, 4) is 5.75 Å². The molecule has 0 bridgehead atoms. The second-order valence-electron chi connectivity index (χ2n) is 5.16. The van der Waals surface area contributed by atoms with Crippen LogP contribution in [-0.2, 0) is 0 Å². The molecule has 1 N–H and O–H groups in total. The lowest BCUT2D eigenvalue weighted by Gasteiger charge is -2.32. The van der Waals surface area contributed by atoms with Gasteiger partial charge in [-0.1, -0.05) is 12.5 Å². The summed E-state index contributed by atoms with van der Waals surface area (Å²) in [7, 11) is 1.98. The number of carboxylic acids is 1. The Bertz CT molecular complexity index is 514. The van der Waals surface area contributed by atoms with Crippen molar-refractivity contribution in [2.24, 2.45) is 0 Å². The van der Waals surface area contributed by atoms with E-state index in [2.05, 4.69) is 4.90 Å². The lowest BCUT2D eigenvalue weighted by atomic mass is 10.0. The molecule has 7 heteroatoms. The first-order valence-corrected chi connectivity index (χ1v) is 6.84. The second-order valence-corrected chi connectivity index (χ2v) is 5.16. The quantitative estimate of drug-likeness (QED) is 0.660. The molecule has 0 aromatic heterocycles. The smallest absolute Gasteiger partial charge is 0.339 e. The van der Waals surface area contributed by atoms with Crippen molar-refractivity contribution in [3.05, 3.63) is 33.9 Å². The number of aromatic carboxylic acids is 1. The summed E-state index contributed by atoms with van der Waals surface area (Å²) in [6, 6.07) is 4.07. The molecular weight excluding hydrogens is 276 g/mol. The molecule has 7 nitrogen and oxygen atoms in total. The monoisotopic (exact) mass is 294 g/mol. The zero-order chi connectivity index (χ0) is 15.4. The molecule has 114 valence electrons. The van der Waals surface area contributed by atoms with Crippen molar-refractivity contribution >= 4 is 11.7 Å². The normalized spacial score (nSPS) is 19.2. The van der Waals surface area contributed by atoms with Gasteiger partial charge in [0.2, 0.25) is 5.75 Å². The number of nitro groups is 1. The Morgan fingerprint density at radius 1 is 1.52 bits per heavy atom. The van der Waals surface area contributed by atoms with E-state index in [0.29, 0.717) is 0 Å². The van der Waals surface area contributed by atoms with Gasteiger partial charge in [-0.25, -0.2) is 4.79 Å². The lowest BCUT2D eigenvalue weighted by Crippen LogP contribution is -2.40. The van der Waals surface area contributed by atoms with Gasteiger partial charge < -0.3 is 14.7 Å². The molecule has 1 atom stereocenters. The fourth-order valence-corrected chi connectivity index (χ4v) is 2.52. The SMILES string of the molecule is CN1CCCCC1COc1c(C(=O)O)cccc1[N+](=O)[O-]. The number of para-hydroxylation sites is 1. The number of rotatable bonds is 5. The molecule has 1 unspecified atom stereocenters. The number of carboxylic acid groups (broad SMARTS) is 1. The van der Waals surface area contributed by atoms with Gasteiger partial charge in [-0.2, -0.15) is 0 Å². The molecule has 2 rings (SSSR count). The van der Waals surface area contributed by atoms with Gasteiger partial charge in [0.1, 0.15) is 12.2 Å². The van der Waals surface area contributed by atoms with E-state index in [0.717, 1.165) is 25.8 Å². The molecular formula is C14H18N2O5. The Morgan fingerprint density at radius 2 is 2.29 bits per heavy atom. The number of likely N-dealkylation sites (tertiary alicyclic amines) is 1. The minimum absolute atomic E-state index is 0.153. The Kier molecular flexibility index (Phi) is 4.74. The molecule has 0 saturated carbocycles. The van der Waals surface area contributed by atoms with Gasteiger partial charge in [0, 0.05) is 12.1 Å². The number of piperidine rings is 1. The maximum Gasteiger partial charge on any atom is 0.339 e. The van der Waals surface area contributed by atoms with Gasteiger partial charge in [-0.15, -0.1) is 0 Å². The third kappa shape index (κ3) is 3.49. The summed E-state index contributed by atoms with van der Waals surface area (Å²) in [6.45, 7) is 1.21. The fraction of sp³-hybridized carbons (Fsp3) is 0.500. The summed E-state index contributed by atoms with van der Waals surface area (Å²) in [6.07, 6.45) is 3.15. The number of hydrogen-bond donors (Lipinski definition) is 1. The number of benzene rings is 1. The maximum atomic E-state index is 11.2. The van der Waals surface area contributed by atoms with Crippen LogP contribution in [0.1, 0.15) is 29.6 Å². The van der Waals surface area contributed by atoms with Gasteiger partial charge in [0.25, 0.3) is 0 Å². The molecule has 0 aliphatic carbocycles. The van der Waals surface area contributed by atoms with Gasteiger partial charge >= 0.3 is 11.7 Å². The average molecular weight is 294 g/mol. The van der Waals surface area contributed by atoms with E-state index in [1.54, 1.807) is 0 Å². The first-order chi connectivity index (χ1) is 10.0. The van der Waals surface area contributed by atoms with E-state index in [9.17, 15) is 14.9 Å². The zero-order valence-electron chi connectivity index (χ0n) is 11.8. The summed E-state index contributed by atoms with van der Waals surface area (Å²) in [4.78, 5) is 23.8. The minimum atomic E-state index is -1.23. The van der Waals surface area contributed by atoms with E-state index in [-0.39, 0.29) is 29.6 Å². The van der Waals surface area contributed by atoms with E-state index >= 15 is 0 Å². The van der Waals surface area contributed by atoms with E-state index in [1.165, 1.54) is 18.2 Å². The Balaban J connectivity index is 2.21. The van der Waals surface area contributed by atoms with Crippen LogP contribution in [0.15, 0.2) is 18.2 Å². The number of hydrogen-bond acceptors (Lipinski definition) is 5. The van der Waals surface area contributed by atoms with Crippen LogP contribution in [-0.4, -0.2) is 47.1 Å². The largest absolute Gasteiger partial charge is 0.485 e. The van der Waals surface area contributed by atoms with Crippen molar-refractivity contribution in [2.45, 2.75) is 25.3 Å². The molecule has 21 heavy (non-hydrogen) atoms. The number of carbonyl (C=O) groups is 1. The van der Waals surface area contributed by atoms with Crippen molar-refractivity contribution in [3.63, 3.8) is 0 Å². The van der Waals surface area contributed by atoms with Crippen LogP contribution < -0.4 is 4.74 Å². The first kappa shape index (κ1) is 15.2. The van der Waals surface area contributed by atoms with E-state index in [4.69, 9.17) is 9.84 Å². The van der Waals surface area contributed by atoms with Crippen LogP contribution >= 0.6 is 0 Å². The number of likely N-dealkylation sites (N-methyl/N-ethyl adjacent to an activating group) is 1. The highest BCUT2D eigenvalue weighted by molar-refractivity contribution is 5.92.